The van der Waals surface area contributed by atoms with Crippen molar-refractivity contribution >= 4 is 44.8 Å². The van der Waals surface area contributed by atoms with E-state index in [0.29, 0.717) is 11.4 Å². The van der Waals surface area contributed by atoms with E-state index in [9.17, 15) is 4.79 Å². The Hall–Kier alpha value is -0.100. The van der Waals surface area contributed by atoms with Gasteiger partial charge in [0.05, 0.1) is 15.9 Å². The minimum atomic E-state index is -0.166. The smallest absolute Gasteiger partial charge is 0.305 e. The largest absolute Gasteiger partial charge is 0.469 e. The summed E-state index contributed by atoms with van der Waals surface area (Å²) in [5, 5.41) is 0.704. The summed E-state index contributed by atoms with van der Waals surface area (Å²) in [6.45, 7) is 0. The van der Waals surface area contributed by atoms with Crippen LogP contribution in [0, 0.1) is 0 Å². The molecule has 1 rings (SSSR count). The zero-order valence-corrected chi connectivity index (χ0v) is 12.7. The molecule has 1 atom stereocenters. The zero-order valence-electron chi connectivity index (χ0n) is 9.54. The van der Waals surface area contributed by atoms with Crippen LogP contribution in [0.2, 0.25) is 5.02 Å². The molecule has 6 heteroatoms. The van der Waals surface area contributed by atoms with Crippen molar-refractivity contribution in [2.45, 2.75) is 31.7 Å². The van der Waals surface area contributed by atoms with Gasteiger partial charge in [0.1, 0.15) is 0 Å². The molecular weight excluding hydrogens is 326 g/mol. The first-order valence-electron chi connectivity index (χ1n) is 5.31. The van der Waals surface area contributed by atoms with E-state index >= 15 is 0 Å². The molecular formula is C11H15BrClNO2S. The van der Waals surface area contributed by atoms with Gasteiger partial charge in [0, 0.05) is 17.3 Å². The van der Waals surface area contributed by atoms with Gasteiger partial charge in [-0.1, -0.05) is 18.0 Å². The number of methoxy groups -OCH3 is 1. The summed E-state index contributed by atoms with van der Waals surface area (Å²) in [6, 6.07) is 1.88. The summed E-state index contributed by atoms with van der Waals surface area (Å²) >= 11 is 10.9. The maximum Gasteiger partial charge on any atom is 0.305 e. The number of rotatable bonds is 6. The van der Waals surface area contributed by atoms with Crippen molar-refractivity contribution in [3.05, 3.63) is 19.8 Å². The van der Waals surface area contributed by atoms with E-state index in [1.54, 1.807) is 11.3 Å². The molecule has 0 spiro atoms. The van der Waals surface area contributed by atoms with Crippen molar-refractivity contribution < 1.29 is 9.53 Å². The van der Waals surface area contributed by atoms with Crippen LogP contribution in [0.3, 0.4) is 0 Å². The van der Waals surface area contributed by atoms with Gasteiger partial charge in [-0.3, -0.25) is 4.79 Å². The predicted octanol–water partition coefficient (Wildman–Crippen LogP) is 3.90. The van der Waals surface area contributed by atoms with Crippen LogP contribution in [0.5, 0.6) is 0 Å². The lowest BCUT2D eigenvalue weighted by molar-refractivity contribution is -0.140. The number of halogens is 2. The van der Waals surface area contributed by atoms with Gasteiger partial charge < -0.3 is 10.5 Å². The van der Waals surface area contributed by atoms with E-state index in [4.69, 9.17) is 17.3 Å². The number of hydrogen-bond donors (Lipinski definition) is 1. The number of carbonyl (C=O) groups is 1. The van der Waals surface area contributed by atoms with Gasteiger partial charge in [-0.15, -0.1) is 11.3 Å². The minimum absolute atomic E-state index is 0.0125. The standard InChI is InChI=1S/C11H15BrClNO2S/c1-16-10(15)5-3-2-4-8(14)9-6-7(13)11(12)17-9/h6,8H,2-5,14H2,1H3. The number of esters is 1. The summed E-state index contributed by atoms with van der Waals surface area (Å²) < 4.78 is 5.49. The number of thiophene rings is 1. The third-order valence-corrected chi connectivity index (χ3v) is 5.01. The van der Waals surface area contributed by atoms with Crippen LogP contribution in [0.4, 0.5) is 0 Å². The van der Waals surface area contributed by atoms with E-state index in [0.717, 1.165) is 27.9 Å². The molecule has 1 aromatic rings. The molecule has 0 aromatic carbocycles. The van der Waals surface area contributed by atoms with Crippen LogP contribution in [-0.2, 0) is 9.53 Å². The number of carbonyl (C=O) groups excluding carboxylic acids is 1. The van der Waals surface area contributed by atoms with E-state index in [2.05, 4.69) is 20.7 Å². The van der Waals surface area contributed by atoms with Gasteiger partial charge in [-0.2, -0.15) is 0 Å². The fourth-order valence-electron chi connectivity index (χ4n) is 1.42. The summed E-state index contributed by atoms with van der Waals surface area (Å²) in [5.41, 5.74) is 6.04. The van der Waals surface area contributed by atoms with E-state index < -0.39 is 0 Å². The molecule has 96 valence electrons. The van der Waals surface area contributed by atoms with Crippen LogP contribution in [0.15, 0.2) is 9.85 Å². The maximum absolute atomic E-state index is 10.9. The summed E-state index contributed by atoms with van der Waals surface area (Å²) in [4.78, 5) is 12.0. The van der Waals surface area contributed by atoms with Crippen molar-refractivity contribution in [3.63, 3.8) is 0 Å². The Labute approximate surface area is 118 Å². The van der Waals surface area contributed by atoms with Gasteiger partial charge in [-0.05, 0) is 34.8 Å². The van der Waals surface area contributed by atoms with Crippen molar-refractivity contribution in [1.29, 1.82) is 0 Å². The molecule has 3 nitrogen and oxygen atoms in total. The minimum Gasteiger partial charge on any atom is -0.469 e. The highest BCUT2D eigenvalue weighted by molar-refractivity contribution is 9.11. The van der Waals surface area contributed by atoms with Crippen molar-refractivity contribution in [3.8, 4) is 0 Å². The average Bonchev–Trinajstić information content (AvgIpc) is 2.64. The highest BCUT2D eigenvalue weighted by Gasteiger charge is 2.12. The Morgan fingerprint density at radius 3 is 2.88 bits per heavy atom. The molecule has 2 N–H and O–H groups in total. The molecule has 0 aliphatic carbocycles. The third-order valence-electron chi connectivity index (χ3n) is 2.40. The summed E-state index contributed by atoms with van der Waals surface area (Å²) in [5.74, 6) is -0.166. The van der Waals surface area contributed by atoms with E-state index in [-0.39, 0.29) is 12.0 Å². The average molecular weight is 341 g/mol. The molecule has 0 aliphatic heterocycles. The Bertz CT molecular complexity index is 364. The Balaban J connectivity index is 2.30. The lowest BCUT2D eigenvalue weighted by atomic mass is 10.1. The van der Waals surface area contributed by atoms with Gasteiger partial charge in [0.25, 0.3) is 0 Å². The lowest BCUT2D eigenvalue weighted by Gasteiger charge is -2.08. The highest BCUT2D eigenvalue weighted by Crippen LogP contribution is 2.35. The zero-order chi connectivity index (χ0) is 12.8. The van der Waals surface area contributed by atoms with Gasteiger partial charge in [0.15, 0.2) is 0 Å². The Kier molecular flexibility index (Phi) is 6.48. The van der Waals surface area contributed by atoms with Gasteiger partial charge >= 0.3 is 5.97 Å². The van der Waals surface area contributed by atoms with Gasteiger partial charge in [0.2, 0.25) is 0 Å². The molecule has 0 radical (unpaired) electrons. The molecule has 0 bridgehead atoms. The topological polar surface area (TPSA) is 52.3 Å². The number of nitrogens with two attached hydrogens (primary N) is 1. The Morgan fingerprint density at radius 1 is 1.65 bits per heavy atom. The fourth-order valence-corrected chi connectivity index (χ4v) is 3.21. The van der Waals surface area contributed by atoms with E-state index in [1.807, 2.05) is 6.07 Å². The molecule has 0 saturated carbocycles. The lowest BCUT2D eigenvalue weighted by Crippen LogP contribution is -2.08. The van der Waals surface area contributed by atoms with Crippen molar-refractivity contribution in [2.24, 2.45) is 5.73 Å². The second-order valence-electron chi connectivity index (χ2n) is 3.70. The van der Waals surface area contributed by atoms with E-state index in [1.165, 1.54) is 7.11 Å². The number of ether oxygens (including phenoxy) is 1. The van der Waals surface area contributed by atoms with Crippen LogP contribution in [0.1, 0.15) is 36.6 Å². The van der Waals surface area contributed by atoms with Crippen molar-refractivity contribution in [1.82, 2.24) is 0 Å². The molecule has 0 fully saturated rings. The third kappa shape index (κ3) is 4.95. The van der Waals surface area contributed by atoms with Gasteiger partial charge in [-0.25, -0.2) is 0 Å². The fraction of sp³-hybridized carbons (Fsp3) is 0.545. The second kappa shape index (κ2) is 7.36. The molecule has 0 amide bonds. The first-order valence-corrected chi connectivity index (χ1v) is 7.30. The van der Waals surface area contributed by atoms with Crippen LogP contribution >= 0.6 is 38.9 Å². The van der Waals surface area contributed by atoms with Crippen LogP contribution < -0.4 is 5.73 Å². The van der Waals surface area contributed by atoms with Crippen LogP contribution in [-0.4, -0.2) is 13.1 Å². The van der Waals surface area contributed by atoms with Crippen molar-refractivity contribution in [2.75, 3.05) is 7.11 Å². The maximum atomic E-state index is 10.9. The first kappa shape index (κ1) is 15.0. The Morgan fingerprint density at radius 2 is 2.35 bits per heavy atom. The predicted molar refractivity (Wildman–Crippen MR) is 74.4 cm³/mol. The second-order valence-corrected chi connectivity index (χ2v) is 6.51. The SMILES string of the molecule is COC(=O)CCCCC(N)c1cc(Cl)c(Br)s1. The first-order chi connectivity index (χ1) is 8.04. The normalized spacial score (nSPS) is 12.5. The number of hydrogen-bond acceptors (Lipinski definition) is 4. The molecule has 1 unspecified atom stereocenters. The molecule has 0 saturated heterocycles. The molecule has 1 aromatic heterocycles. The monoisotopic (exact) mass is 339 g/mol. The molecule has 0 aliphatic rings. The quantitative estimate of drug-likeness (QED) is 0.631. The summed E-state index contributed by atoms with van der Waals surface area (Å²) in [7, 11) is 1.40. The number of unbranched alkanes of at least 4 members (excludes halogenated alkanes) is 1. The molecule has 1 heterocycles. The highest BCUT2D eigenvalue weighted by atomic mass is 79.9. The van der Waals surface area contributed by atoms with Crippen LogP contribution in [0.25, 0.3) is 0 Å². The summed E-state index contributed by atoms with van der Waals surface area (Å²) in [6.07, 6.45) is 3.02. The molecule has 17 heavy (non-hydrogen) atoms.